The van der Waals surface area contributed by atoms with Crippen LogP contribution in [-0.2, 0) is 0 Å². The normalized spacial score (nSPS) is 12.1. The van der Waals surface area contributed by atoms with Gasteiger partial charge in [-0.1, -0.05) is 133 Å². The van der Waals surface area contributed by atoms with Crippen LogP contribution in [0.25, 0.3) is 54.2 Å². The van der Waals surface area contributed by atoms with Crippen molar-refractivity contribution in [2.24, 2.45) is 0 Å². The largest absolute Gasteiger partial charge is 0.309 e. The van der Waals surface area contributed by atoms with Gasteiger partial charge in [0.05, 0.1) is 22.7 Å². The zero-order valence-electron chi connectivity index (χ0n) is 26.2. The molecule has 0 aliphatic carbocycles. The van der Waals surface area contributed by atoms with Crippen molar-refractivity contribution in [2.75, 3.05) is 9.80 Å². The maximum atomic E-state index is 2.45. The van der Waals surface area contributed by atoms with Crippen LogP contribution in [0.5, 0.6) is 0 Å². The van der Waals surface area contributed by atoms with Crippen LogP contribution >= 0.6 is 0 Å². The summed E-state index contributed by atoms with van der Waals surface area (Å²) in [5, 5.41) is 9.96. The van der Waals surface area contributed by atoms with Crippen molar-refractivity contribution < 1.29 is 0 Å². The summed E-state index contributed by atoms with van der Waals surface area (Å²) >= 11 is 0. The highest BCUT2D eigenvalue weighted by Gasteiger charge is 2.27. The number of benzene rings is 9. The average molecular weight is 611 g/mol. The first-order valence-electron chi connectivity index (χ1n) is 16.5. The van der Waals surface area contributed by atoms with Crippen molar-refractivity contribution in [3.8, 4) is 11.1 Å². The smallest absolute Gasteiger partial charge is 0.0547 e. The van der Waals surface area contributed by atoms with Gasteiger partial charge >= 0.3 is 0 Å². The minimum absolute atomic E-state index is 1.11. The maximum absolute atomic E-state index is 2.45. The number of hydrogen-bond acceptors (Lipinski definition) is 2. The first-order chi connectivity index (χ1) is 23.8. The van der Waals surface area contributed by atoms with Gasteiger partial charge in [-0.05, 0) is 81.0 Å². The molecule has 0 N–H and O–H groups in total. The lowest BCUT2D eigenvalue weighted by atomic mass is 9.87. The third-order valence-corrected chi connectivity index (χ3v) is 9.92. The van der Waals surface area contributed by atoms with Crippen LogP contribution < -0.4 is 9.80 Å². The summed E-state index contributed by atoms with van der Waals surface area (Å²) < 4.78 is 0. The molecule has 0 saturated heterocycles. The molecule has 0 spiro atoms. The molecule has 0 atom stereocenters. The van der Waals surface area contributed by atoms with E-state index in [0.717, 1.165) is 22.7 Å². The number of nitrogens with zero attached hydrogens (tertiary/aromatic N) is 2. The Morgan fingerprint density at radius 1 is 0.354 bits per heavy atom. The zero-order valence-corrected chi connectivity index (χ0v) is 26.2. The van der Waals surface area contributed by atoms with Crippen LogP contribution in [0, 0.1) is 0 Å². The second kappa shape index (κ2) is 10.6. The fourth-order valence-electron chi connectivity index (χ4n) is 7.82. The molecule has 0 saturated carbocycles. The van der Waals surface area contributed by atoms with Gasteiger partial charge in [0, 0.05) is 33.1 Å². The van der Waals surface area contributed by atoms with Gasteiger partial charge in [-0.2, -0.15) is 0 Å². The van der Waals surface area contributed by atoms with Gasteiger partial charge in [-0.25, -0.2) is 0 Å². The lowest BCUT2D eigenvalue weighted by molar-refractivity contribution is 1.27. The number of anilines is 6. The van der Waals surface area contributed by atoms with E-state index in [0.29, 0.717) is 0 Å². The van der Waals surface area contributed by atoms with E-state index in [9.17, 15) is 0 Å². The van der Waals surface area contributed by atoms with Crippen molar-refractivity contribution in [1.29, 1.82) is 0 Å². The van der Waals surface area contributed by atoms with E-state index in [1.165, 1.54) is 65.6 Å². The quantitative estimate of drug-likeness (QED) is 0.196. The highest BCUT2D eigenvalue weighted by atomic mass is 15.2. The van der Waals surface area contributed by atoms with Gasteiger partial charge in [0.2, 0.25) is 0 Å². The van der Waals surface area contributed by atoms with Crippen molar-refractivity contribution in [1.82, 2.24) is 0 Å². The molecule has 1 aliphatic rings. The predicted molar refractivity (Wildman–Crippen MR) is 205 cm³/mol. The molecular weight excluding hydrogens is 581 g/mol. The molecule has 224 valence electrons. The highest BCUT2D eigenvalue weighted by molar-refractivity contribution is 6.19. The fraction of sp³-hybridized carbons (Fsp3) is 0. The van der Waals surface area contributed by atoms with Gasteiger partial charge in [-0.15, -0.1) is 0 Å². The summed E-state index contributed by atoms with van der Waals surface area (Å²) in [7, 11) is 0. The molecule has 48 heavy (non-hydrogen) atoms. The molecule has 2 nitrogen and oxygen atoms in total. The van der Waals surface area contributed by atoms with Gasteiger partial charge in [0.25, 0.3) is 0 Å². The summed E-state index contributed by atoms with van der Waals surface area (Å²) in [6, 6.07) is 66.3. The molecular formula is C46H30N2. The van der Waals surface area contributed by atoms with E-state index in [-0.39, 0.29) is 0 Å². The minimum atomic E-state index is 1.11. The number of hydrogen-bond donors (Lipinski definition) is 0. The van der Waals surface area contributed by atoms with Gasteiger partial charge < -0.3 is 9.80 Å². The molecule has 9 aromatic carbocycles. The standard InChI is InChI=1S/C46H30N2/c1-4-18-37-31(11-1)14-8-22-41(37)47(42-23-9-15-32-12-2-5-19-38(32)42)35-26-28-36(29-27-35)48-43-24-10-17-34-16-7-21-40(45(34)43)46-39-20-6-3-13-33(39)25-30-44(46)48/h1-30H. The lowest BCUT2D eigenvalue weighted by Gasteiger charge is -2.34. The van der Waals surface area contributed by atoms with Crippen molar-refractivity contribution in [3.05, 3.63) is 182 Å². The Labute approximate surface area is 279 Å². The zero-order chi connectivity index (χ0) is 31.6. The van der Waals surface area contributed by atoms with Crippen LogP contribution in [0.2, 0.25) is 0 Å². The second-order valence-corrected chi connectivity index (χ2v) is 12.5. The van der Waals surface area contributed by atoms with Crippen LogP contribution in [0.15, 0.2) is 182 Å². The Kier molecular flexibility index (Phi) is 5.91. The summed E-state index contributed by atoms with van der Waals surface area (Å²) in [5.74, 6) is 0. The van der Waals surface area contributed by atoms with Crippen molar-refractivity contribution in [2.45, 2.75) is 0 Å². The lowest BCUT2D eigenvalue weighted by Crippen LogP contribution is -2.16. The SMILES string of the molecule is c1ccc2c(N(c3ccc(N4c5ccc6ccccc6c5-c5cccc6cccc4c56)cc3)c3cccc4ccccc34)cccc2c1. The van der Waals surface area contributed by atoms with E-state index in [4.69, 9.17) is 0 Å². The second-order valence-electron chi connectivity index (χ2n) is 12.5. The molecule has 0 radical (unpaired) electrons. The Bertz CT molecular complexity index is 2590. The van der Waals surface area contributed by atoms with E-state index >= 15 is 0 Å². The van der Waals surface area contributed by atoms with E-state index in [1.807, 2.05) is 0 Å². The molecule has 2 heteroatoms. The average Bonchev–Trinajstić information content (AvgIpc) is 3.15. The van der Waals surface area contributed by atoms with Crippen LogP contribution in [0.4, 0.5) is 34.1 Å². The van der Waals surface area contributed by atoms with Crippen LogP contribution in [0.3, 0.4) is 0 Å². The summed E-state index contributed by atoms with van der Waals surface area (Å²) in [6.07, 6.45) is 0. The van der Waals surface area contributed by atoms with E-state index < -0.39 is 0 Å². The monoisotopic (exact) mass is 610 g/mol. The molecule has 0 aromatic heterocycles. The molecule has 1 heterocycles. The molecule has 9 aromatic rings. The summed E-state index contributed by atoms with van der Waals surface area (Å²) in [5.41, 5.74) is 9.55. The minimum Gasteiger partial charge on any atom is -0.309 e. The fourth-order valence-corrected chi connectivity index (χ4v) is 7.82. The third-order valence-electron chi connectivity index (χ3n) is 9.92. The van der Waals surface area contributed by atoms with Gasteiger partial charge in [0.15, 0.2) is 0 Å². The predicted octanol–water partition coefficient (Wildman–Crippen LogP) is 13.2. The molecule has 0 fully saturated rings. The number of fused-ring (bicyclic) bond motifs is 6. The van der Waals surface area contributed by atoms with Gasteiger partial charge in [-0.3, -0.25) is 0 Å². The van der Waals surface area contributed by atoms with E-state index in [2.05, 4.69) is 192 Å². The number of rotatable bonds is 4. The Morgan fingerprint density at radius 2 is 0.875 bits per heavy atom. The third kappa shape index (κ3) is 4.00. The molecule has 0 bridgehead atoms. The molecule has 0 amide bonds. The van der Waals surface area contributed by atoms with Crippen LogP contribution in [0.1, 0.15) is 0 Å². The first kappa shape index (κ1) is 26.8. The van der Waals surface area contributed by atoms with Crippen LogP contribution in [-0.4, -0.2) is 0 Å². The highest BCUT2D eigenvalue weighted by Crippen LogP contribution is 2.53. The maximum Gasteiger partial charge on any atom is 0.0547 e. The Hall–Kier alpha value is -6.38. The van der Waals surface area contributed by atoms with Crippen molar-refractivity contribution in [3.63, 3.8) is 0 Å². The first-order valence-corrected chi connectivity index (χ1v) is 16.5. The topological polar surface area (TPSA) is 6.48 Å². The van der Waals surface area contributed by atoms with Crippen molar-refractivity contribution >= 4 is 77.2 Å². The van der Waals surface area contributed by atoms with E-state index in [1.54, 1.807) is 0 Å². The van der Waals surface area contributed by atoms with Gasteiger partial charge in [0.1, 0.15) is 0 Å². The Balaban J connectivity index is 1.19. The molecule has 1 aliphatic heterocycles. The molecule has 0 unspecified atom stereocenters. The summed E-state index contributed by atoms with van der Waals surface area (Å²) in [6.45, 7) is 0. The summed E-state index contributed by atoms with van der Waals surface area (Å²) in [4.78, 5) is 4.86. The molecule has 10 rings (SSSR count). The Morgan fingerprint density at radius 3 is 1.54 bits per heavy atom.